The van der Waals surface area contributed by atoms with E-state index in [1.165, 1.54) is 0 Å². The second-order valence-corrected chi connectivity index (χ2v) is 4.05. The van der Waals surface area contributed by atoms with E-state index in [2.05, 4.69) is 18.5 Å². The van der Waals surface area contributed by atoms with Crippen LogP contribution in [0.4, 0.5) is 0 Å². The van der Waals surface area contributed by atoms with E-state index in [1.54, 1.807) is 6.08 Å². The molecule has 0 bridgehead atoms. The van der Waals surface area contributed by atoms with E-state index in [1.807, 2.05) is 11.8 Å². The number of thioether (sulfide) groups is 1. The summed E-state index contributed by atoms with van der Waals surface area (Å²) in [5.41, 5.74) is 1.11. The Bertz CT molecular complexity index is 201. The van der Waals surface area contributed by atoms with Gasteiger partial charge in [-0.15, -0.1) is 0 Å². The largest absolute Gasteiger partial charge is 0.385 e. The van der Waals surface area contributed by atoms with Crippen LogP contribution in [0, 0.1) is 0 Å². The van der Waals surface area contributed by atoms with Crippen LogP contribution in [-0.4, -0.2) is 23.8 Å². The monoisotopic (exact) mass is 185 g/mol. The third-order valence-electron chi connectivity index (χ3n) is 1.82. The second kappa shape index (κ2) is 4.55. The van der Waals surface area contributed by atoms with E-state index < -0.39 is 0 Å². The molecule has 0 aliphatic heterocycles. The number of nitrogens with one attached hydrogen (secondary N) is 1. The van der Waals surface area contributed by atoms with Crippen molar-refractivity contribution in [2.75, 3.05) is 12.0 Å². The zero-order chi connectivity index (χ0) is 8.97. The number of rotatable bonds is 4. The molecule has 0 aromatic carbocycles. The molecule has 0 saturated heterocycles. The quantitative estimate of drug-likeness (QED) is 0.721. The van der Waals surface area contributed by atoms with Crippen LogP contribution in [0.5, 0.6) is 0 Å². The summed E-state index contributed by atoms with van der Waals surface area (Å²) in [7, 11) is 0. The molecule has 2 nitrogen and oxygen atoms in total. The molecule has 0 radical (unpaired) electrons. The first kappa shape index (κ1) is 9.65. The lowest BCUT2D eigenvalue weighted by molar-refractivity contribution is -0.114. The van der Waals surface area contributed by atoms with Gasteiger partial charge in [-0.2, -0.15) is 11.8 Å². The zero-order valence-corrected chi connectivity index (χ0v) is 8.41. The number of hydrogen-bond acceptors (Lipinski definition) is 3. The molecule has 0 aromatic rings. The molecule has 0 saturated carbocycles. The molecule has 1 rings (SSSR count). The molecule has 1 aliphatic rings. The SMILES string of the molecule is CSCC(C)NC1=CC(=O)CC1. The Hall–Kier alpha value is -0.440. The molecule has 1 unspecified atom stereocenters. The number of carbonyl (C=O) groups excluding carboxylic acids is 1. The lowest BCUT2D eigenvalue weighted by Crippen LogP contribution is -2.26. The summed E-state index contributed by atoms with van der Waals surface area (Å²) in [4.78, 5) is 10.9. The molecule has 1 atom stereocenters. The summed E-state index contributed by atoms with van der Waals surface area (Å²) in [6.45, 7) is 2.14. The number of carbonyl (C=O) groups is 1. The van der Waals surface area contributed by atoms with Crippen LogP contribution in [-0.2, 0) is 4.79 Å². The molecule has 68 valence electrons. The molecule has 0 spiro atoms. The maximum atomic E-state index is 10.9. The van der Waals surface area contributed by atoms with E-state index >= 15 is 0 Å². The van der Waals surface area contributed by atoms with E-state index in [4.69, 9.17) is 0 Å². The topological polar surface area (TPSA) is 29.1 Å². The average Bonchev–Trinajstić information content (AvgIpc) is 2.36. The highest BCUT2D eigenvalue weighted by molar-refractivity contribution is 7.98. The van der Waals surface area contributed by atoms with Crippen molar-refractivity contribution in [2.45, 2.75) is 25.8 Å². The first-order valence-electron chi connectivity index (χ1n) is 4.21. The van der Waals surface area contributed by atoms with Gasteiger partial charge in [0.2, 0.25) is 0 Å². The van der Waals surface area contributed by atoms with Gasteiger partial charge in [-0.25, -0.2) is 0 Å². The Balaban J connectivity index is 2.31. The number of ketones is 1. The normalized spacial score (nSPS) is 19.2. The van der Waals surface area contributed by atoms with Crippen LogP contribution in [0.3, 0.4) is 0 Å². The van der Waals surface area contributed by atoms with Crippen molar-refractivity contribution in [3.8, 4) is 0 Å². The van der Waals surface area contributed by atoms with Gasteiger partial charge in [-0.1, -0.05) is 0 Å². The van der Waals surface area contributed by atoms with Gasteiger partial charge < -0.3 is 5.32 Å². The third kappa shape index (κ3) is 2.89. The number of hydrogen-bond donors (Lipinski definition) is 1. The molecule has 1 aliphatic carbocycles. The van der Waals surface area contributed by atoms with Gasteiger partial charge in [0.1, 0.15) is 0 Å². The smallest absolute Gasteiger partial charge is 0.157 e. The van der Waals surface area contributed by atoms with Crippen LogP contribution in [0.1, 0.15) is 19.8 Å². The van der Waals surface area contributed by atoms with Gasteiger partial charge in [-0.3, -0.25) is 4.79 Å². The lowest BCUT2D eigenvalue weighted by Gasteiger charge is -2.13. The summed E-state index contributed by atoms with van der Waals surface area (Å²) in [5, 5.41) is 3.33. The fourth-order valence-electron chi connectivity index (χ4n) is 1.32. The second-order valence-electron chi connectivity index (χ2n) is 3.14. The highest BCUT2D eigenvalue weighted by atomic mass is 32.2. The van der Waals surface area contributed by atoms with E-state index in [0.29, 0.717) is 12.5 Å². The van der Waals surface area contributed by atoms with Crippen molar-refractivity contribution in [2.24, 2.45) is 0 Å². The van der Waals surface area contributed by atoms with Gasteiger partial charge in [0.25, 0.3) is 0 Å². The molecule has 0 heterocycles. The van der Waals surface area contributed by atoms with Crippen molar-refractivity contribution in [1.29, 1.82) is 0 Å². The molecule has 1 N–H and O–H groups in total. The van der Waals surface area contributed by atoms with Crippen LogP contribution in [0.15, 0.2) is 11.8 Å². The van der Waals surface area contributed by atoms with Crippen LogP contribution in [0.25, 0.3) is 0 Å². The minimum atomic E-state index is 0.258. The third-order valence-corrected chi connectivity index (χ3v) is 2.66. The Morgan fingerprint density at radius 3 is 2.92 bits per heavy atom. The first-order valence-corrected chi connectivity index (χ1v) is 5.60. The maximum absolute atomic E-state index is 10.9. The van der Waals surface area contributed by atoms with E-state index in [9.17, 15) is 4.79 Å². The Morgan fingerprint density at radius 1 is 1.67 bits per heavy atom. The van der Waals surface area contributed by atoms with Gasteiger partial charge >= 0.3 is 0 Å². The maximum Gasteiger partial charge on any atom is 0.157 e. The lowest BCUT2D eigenvalue weighted by atomic mass is 10.3. The van der Waals surface area contributed by atoms with Gasteiger partial charge in [0.05, 0.1) is 0 Å². The summed E-state index contributed by atoms with van der Waals surface area (Å²) in [6, 6.07) is 0.470. The zero-order valence-electron chi connectivity index (χ0n) is 7.59. The molecular weight excluding hydrogens is 170 g/mol. The van der Waals surface area contributed by atoms with E-state index in [-0.39, 0.29) is 5.78 Å². The van der Waals surface area contributed by atoms with Crippen LogP contribution >= 0.6 is 11.8 Å². The molecule has 3 heteroatoms. The fraction of sp³-hybridized carbons (Fsp3) is 0.667. The van der Waals surface area contributed by atoms with Gasteiger partial charge in [0, 0.05) is 30.0 Å². The summed E-state index contributed by atoms with van der Waals surface area (Å²) in [6.07, 6.45) is 5.41. The minimum absolute atomic E-state index is 0.258. The van der Waals surface area contributed by atoms with Crippen molar-refractivity contribution >= 4 is 17.5 Å². The van der Waals surface area contributed by atoms with Gasteiger partial charge in [-0.05, 0) is 19.6 Å². The summed E-state index contributed by atoms with van der Waals surface area (Å²) >= 11 is 1.82. The molecule has 0 fully saturated rings. The van der Waals surface area contributed by atoms with Crippen LogP contribution < -0.4 is 5.32 Å². The Labute approximate surface area is 77.8 Å². The summed E-state index contributed by atoms with van der Waals surface area (Å²) < 4.78 is 0. The highest BCUT2D eigenvalue weighted by Crippen LogP contribution is 2.13. The molecule has 0 aromatic heterocycles. The van der Waals surface area contributed by atoms with Crippen LogP contribution in [0.2, 0.25) is 0 Å². The molecule has 12 heavy (non-hydrogen) atoms. The Kier molecular flexibility index (Phi) is 3.66. The molecule has 0 amide bonds. The van der Waals surface area contributed by atoms with Crippen molar-refractivity contribution in [3.05, 3.63) is 11.8 Å². The van der Waals surface area contributed by atoms with Crippen molar-refractivity contribution in [3.63, 3.8) is 0 Å². The predicted molar refractivity (Wildman–Crippen MR) is 53.3 cm³/mol. The standard InChI is InChI=1S/C9H15NOS/c1-7(6-12-2)10-8-3-4-9(11)5-8/h5,7,10H,3-4,6H2,1-2H3. The Morgan fingerprint density at radius 2 is 2.42 bits per heavy atom. The molecular formula is C9H15NOS. The fourth-order valence-corrected chi connectivity index (χ4v) is 1.90. The number of allylic oxidation sites excluding steroid dienone is 2. The summed E-state index contributed by atoms with van der Waals surface area (Å²) in [5.74, 6) is 1.35. The average molecular weight is 185 g/mol. The highest BCUT2D eigenvalue weighted by Gasteiger charge is 2.12. The van der Waals surface area contributed by atoms with Crippen molar-refractivity contribution < 1.29 is 4.79 Å². The first-order chi connectivity index (χ1) is 5.72. The minimum Gasteiger partial charge on any atom is -0.385 e. The van der Waals surface area contributed by atoms with Crippen molar-refractivity contribution in [1.82, 2.24) is 5.32 Å². The van der Waals surface area contributed by atoms with Gasteiger partial charge in [0.15, 0.2) is 5.78 Å². The van der Waals surface area contributed by atoms with E-state index in [0.717, 1.165) is 17.9 Å². The predicted octanol–water partition coefficient (Wildman–Crippen LogP) is 1.57.